The first kappa shape index (κ1) is 24.4. The average molecular weight is 455 g/mol. The molecule has 1 aromatic carbocycles. The first-order valence-electron chi connectivity index (χ1n) is 10.9. The van der Waals surface area contributed by atoms with Gasteiger partial charge >= 0.3 is 5.97 Å². The van der Waals surface area contributed by atoms with Gasteiger partial charge in [0.15, 0.2) is 0 Å². The summed E-state index contributed by atoms with van der Waals surface area (Å²) in [4.78, 5) is 26.6. The van der Waals surface area contributed by atoms with E-state index in [-0.39, 0.29) is 37.1 Å². The van der Waals surface area contributed by atoms with E-state index in [9.17, 15) is 9.59 Å². The fourth-order valence-corrected chi connectivity index (χ4v) is 4.45. The Kier molecular flexibility index (Phi) is 8.20. The first-order valence-corrected chi connectivity index (χ1v) is 10.9. The Hall–Kier alpha value is -3.22. The molecule has 2 aromatic rings. The molecule has 0 saturated heterocycles. The van der Waals surface area contributed by atoms with Gasteiger partial charge in [0.05, 0.1) is 44.7 Å². The van der Waals surface area contributed by atoms with E-state index >= 15 is 0 Å². The summed E-state index contributed by atoms with van der Waals surface area (Å²) in [5.41, 5.74) is 2.68. The fraction of sp³-hybridized carbons (Fsp3) is 0.500. The van der Waals surface area contributed by atoms with Crippen molar-refractivity contribution < 1.29 is 23.8 Å². The summed E-state index contributed by atoms with van der Waals surface area (Å²) in [7, 11) is 1.35. The molecule has 0 spiro atoms. The molecular weight excluding hydrogens is 424 g/mol. The number of amides is 1. The summed E-state index contributed by atoms with van der Waals surface area (Å²) in [6, 6.07) is 5.03. The van der Waals surface area contributed by atoms with Crippen LogP contribution in [0.1, 0.15) is 54.8 Å². The van der Waals surface area contributed by atoms with E-state index in [4.69, 9.17) is 20.6 Å². The highest BCUT2D eigenvalue weighted by Crippen LogP contribution is 2.44. The largest absolute Gasteiger partial charge is 0.465 e. The number of aromatic nitrogens is 3. The van der Waals surface area contributed by atoms with Gasteiger partial charge in [-0.2, -0.15) is 0 Å². The van der Waals surface area contributed by atoms with E-state index in [2.05, 4.69) is 30.1 Å². The Morgan fingerprint density at radius 1 is 1.24 bits per heavy atom. The lowest BCUT2D eigenvalue weighted by Crippen LogP contribution is -2.49. The van der Waals surface area contributed by atoms with Gasteiger partial charge in [-0.15, -0.1) is 11.5 Å². The normalized spacial score (nSPS) is 19.6. The van der Waals surface area contributed by atoms with Crippen molar-refractivity contribution in [3.05, 3.63) is 41.2 Å². The lowest BCUT2D eigenvalue weighted by Gasteiger charge is -2.44. The van der Waals surface area contributed by atoms with Gasteiger partial charge in [0.2, 0.25) is 5.91 Å². The molecule has 0 saturated carbocycles. The SMILES string of the molecule is C#CCOCCOCc1cn(C2c3cc(C(=O)OC)ccc3N(C(C)=O)[C@@H](CC)[C@H]2C)nn1. The third-order valence-corrected chi connectivity index (χ3v) is 5.87. The number of carbonyl (C=O) groups excluding carboxylic acids is 2. The zero-order valence-corrected chi connectivity index (χ0v) is 19.5. The van der Waals surface area contributed by atoms with Gasteiger partial charge in [0.25, 0.3) is 0 Å². The topological polar surface area (TPSA) is 95.8 Å². The minimum absolute atomic E-state index is 0.0203. The zero-order valence-electron chi connectivity index (χ0n) is 19.5. The second-order valence-corrected chi connectivity index (χ2v) is 7.93. The Morgan fingerprint density at radius 3 is 2.67 bits per heavy atom. The lowest BCUT2D eigenvalue weighted by molar-refractivity contribution is -0.117. The van der Waals surface area contributed by atoms with Crippen molar-refractivity contribution in [3.8, 4) is 12.3 Å². The van der Waals surface area contributed by atoms with E-state index in [0.29, 0.717) is 24.5 Å². The van der Waals surface area contributed by atoms with Crippen LogP contribution >= 0.6 is 0 Å². The van der Waals surface area contributed by atoms with Crippen molar-refractivity contribution in [2.45, 2.75) is 45.9 Å². The number of hydrogen-bond acceptors (Lipinski definition) is 7. The average Bonchev–Trinajstić information content (AvgIpc) is 3.27. The highest BCUT2D eigenvalue weighted by Gasteiger charge is 2.41. The molecule has 0 fully saturated rings. The van der Waals surface area contributed by atoms with Gasteiger partial charge in [-0.1, -0.05) is 25.0 Å². The summed E-state index contributed by atoms with van der Waals surface area (Å²) in [6.07, 6.45) is 7.76. The number of terminal acetylenes is 1. The number of ether oxygens (including phenoxy) is 3. The predicted molar refractivity (Wildman–Crippen MR) is 122 cm³/mol. The number of fused-ring (bicyclic) bond motifs is 1. The van der Waals surface area contributed by atoms with Gasteiger partial charge < -0.3 is 19.1 Å². The highest BCUT2D eigenvalue weighted by molar-refractivity contribution is 5.96. The number of benzene rings is 1. The summed E-state index contributed by atoms with van der Waals surface area (Å²) in [6.45, 7) is 7.04. The summed E-state index contributed by atoms with van der Waals surface area (Å²) >= 11 is 0. The Morgan fingerprint density at radius 2 is 2.00 bits per heavy atom. The molecule has 1 aliphatic heterocycles. The molecule has 3 rings (SSSR count). The molecule has 33 heavy (non-hydrogen) atoms. The van der Waals surface area contributed by atoms with Crippen LogP contribution in [0.2, 0.25) is 0 Å². The molecule has 2 heterocycles. The van der Waals surface area contributed by atoms with Crippen molar-refractivity contribution in [3.63, 3.8) is 0 Å². The molecule has 1 amide bonds. The maximum absolute atomic E-state index is 12.6. The Balaban J connectivity index is 1.92. The third kappa shape index (κ3) is 5.24. The summed E-state index contributed by atoms with van der Waals surface area (Å²) < 4.78 is 17.5. The van der Waals surface area contributed by atoms with Gasteiger partial charge in [-0.3, -0.25) is 4.79 Å². The second kappa shape index (κ2) is 11.1. The zero-order chi connectivity index (χ0) is 24.0. The van der Waals surface area contributed by atoms with Crippen LogP contribution in [-0.4, -0.2) is 59.8 Å². The first-order chi connectivity index (χ1) is 15.9. The standard InChI is InChI=1S/C24H30N4O5/c1-6-10-32-11-12-33-15-19-14-27(26-25-19)23-16(3)21(7-2)28(17(4)29)22-9-8-18(13-20(22)23)24(30)31-5/h1,8-9,13-14,16,21,23H,7,10-12,15H2,2-5H3/t16-,21+,23?/m1/s1. The molecule has 3 atom stereocenters. The number of carbonyl (C=O) groups is 2. The molecule has 0 N–H and O–H groups in total. The van der Waals surface area contributed by atoms with Crippen LogP contribution in [0.4, 0.5) is 5.69 Å². The highest BCUT2D eigenvalue weighted by atomic mass is 16.5. The minimum atomic E-state index is -0.434. The monoisotopic (exact) mass is 454 g/mol. The molecule has 1 aliphatic rings. The fourth-order valence-electron chi connectivity index (χ4n) is 4.45. The van der Waals surface area contributed by atoms with Crippen LogP contribution in [0.15, 0.2) is 24.4 Å². The number of esters is 1. The van der Waals surface area contributed by atoms with Crippen molar-refractivity contribution in [1.29, 1.82) is 0 Å². The molecule has 0 aliphatic carbocycles. The molecule has 0 bridgehead atoms. The number of hydrogen-bond donors (Lipinski definition) is 0. The van der Waals surface area contributed by atoms with Crippen LogP contribution < -0.4 is 4.90 Å². The molecule has 9 nitrogen and oxygen atoms in total. The number of methoxy groups -OCH3 is 1. The second-order valence-electron chi connectivity index (χ2n) is 7.93. The van der Waals surface area contributed by atoms with Gasteiger partial charge in [-0.05, 0) is 24.6 Å². The molecule has 1 aromatic heterocycles. The molecule has 9 heteroatoms. The van der Waals surface area contributed by atoms with Crippen LogP contribution in [0.25, 0.3) is 0 Å². The Labute approximate surface area is 194 Å². The van der Waals surface area contributed by atoms with Crippen molar-refractivity contribution in [1.82, 2.24) is 15.0 Å². The third-order valence-electron chi connectivity index (χ3n) is 5.87. The van der Waals surface area contributed by atoms with E-state index in [1.165, 1.54) is 7.11 Å². The number of anilines is 1. The van der Waals surface area contributed by atoms with Gasteiger partial charge in [0.1, 0.15) is 12.3 Å². The molecule has 176 valence electrons. The number of rotatable bonds is 9. The van der Waals surface area contributed by atoms with Crippen molar-refractivity contribution >= 4 is 17.6 Å². The van der Waals surface area contributed by atoms with E-state index in [0.717, 1.165) is 17.7 Å². The van der Waals surface area contributed by atoms with Crippen molar-refractivity contribution in [2.24, 2.45) is 5.92 Å². The van der Waals surface area contributed by atoms with E-state index < -0.39 is 5.97 Å². The van der Waals surface area contributed by atoms with Crippen LogP contribution in [-0.2, 0) is 25.6 Å². The maximum atomic E-state index is 12.6. The minimum Gasteiger partial charge on any atom is -0.465 e. The van der Waals surface area contributed by atoms with E-state index in [1.807, 2.05) is 17.2 Å². The van der Waals surface area contributed by atoms with Crippen LogP contribution in [0.5, 0.6) is 0 Å². The molecular formula is C24H30N4O5. The maximum Gasteiger partial charge on any atom is 0.337 e. The van der Waals surface area contributed by atoms with Crippen LogP contribution in [0, 0.1) is 18.3 Å². The Bertz CT molecular complexity index is 1030. The summed E-state index contributed by atoms with van der Waals surface area (Å²) in [5.74, 6) is 1.95. The van der Waals surface area contributed by atoms with Crippen LogP contribution in [0.3, 0.4) is 0 Å². The lowest BCUT2D eigenvalue weighted by atomic mass is 9.80. The van der Waals surface area contributed by atoms with Gasteiger partial charge in [0, 0.05) is 30.1 Å². The van der Waals surface area contributed by atoms with Crippen molar-refractivity contribution in [2.75, 3.05) is 31.8 Å². The summed E-state index contributed by atoms with van der Waals surface area (Å²) in [5, 5.41) is 8.61. The number of nitrogens with zero attached hydrogens (tertiary/aromatic N) is 4. The molecule has 1 unspecified atom stereocenters. The van der Waals surface area contributed by atoms with E-state index in [1.54, 1.807) is 23.7 Å². The quantitative estimate of drug-likeness (QED) is 0.326. The van der Waals surface area contributed by atoms with Gasteiger partial charge in [-0.25, -0.2) is 9.48 Å². The molecule has 0 radical (unpaired) electrons. The smallest absolute Gasteiger partial charge is 0.337 e. The predicted octanol–water partition coefficient (Wildman–Crippen LogP) is 2.60.